The lowest BCUT2D eigenvalue weighted by Gasteiger charge is -2.29. The Morgan fingerprint density at radius 3 is 3.08 bits per heavy atom. The first-order chi connectivity index (χ1) is 12.1. The minimum atomic E-state index is -0.340. The maximum absolute atomic E-state index is 11.7. The number of amides is 2. The molecule has 3 rings (SSSR count). The Bertz CT molecular complexity index is 774. The van der Waals surface area contributed by atoms with Gasteiger partial charge in [0.1, 0.15) is 0 Å². The molecule has 8 heteroatoms. The highest BCUT2D eigenvalue weighted by Gasteiger charge is 2.29. The van der Waals surface area contributed by atoms with Crippen molar-refractivity contribution in [2.24, 2.45) is 0 Å². The molecular weight excluding hydrogens is 324 g/mol. The molecule has 132 valence electrons. The predicted molar refractivity (Wildman–Crippen MR) is 90.1 cm³/mol. The molecule has 0 bridgehead atoms. The number of hydrogen-bond acceptors (Lipinski definition) is 6. The molecule has 1 atom stereocenters. The molecule has 8 nitrogen and oxygen atoms in total. The average molecular weight is 344 g/mol. The van der Waals surface area contributed by atoms with Crippen molar-refractivity contribution in [1.29, 1.82) is 0 Å². The number of benzene rings is 1. The maximum Gasteiger partial charge on any atom is 0.409 e. The fourth-order valence-corrected chi connectivity index (χ4v) is 2.97. The molecule has 0 radical (unpaired) electrons. The van der Waals surface area contributed by atoms with E-state index in [-0.39, 0.29) is 12.0 Å². The van der Waals surface area contributed by atoms with E-state index in [1.807, 2.05) is 19.1 Å². The molecule has 0 aliphatic carbocycles. The Morgan fingerprint density at radius 1 is 1.48 bits per heavy atom. The van der Waals surface area contributed by atoms with Gasteiger partial charge in [-0.05, 0) is 31.4 Å². The minimum Gasteiger partial charge on any atom is -0.453 e. The first kappa shape index (κ1) is 16.9. The van der Waals surface area contributed by atoms with Crippen LogP contribution in [0, 0.1) is 6.92 Å². The summed E-state index contributed by atoms with van der Waals surface area (Å²) in [4.78, 5) is 28.5. The highest BCUT2D eigenvalue weighted by atomic mass is 16.5. The molecular formula is C17H20N4O4. The molecule has 1 aromatic heterocycles. The number of ether oxygens (including phenoxy) is 1. The van der Waals surface area contributed by atoms with Crippen LogP contribution in [0.4, 0.5) is 10.5 Å². The lowest BCUT2D eigenvalue weighted by molar-refractivity contribution is -0.105. The van der Waals surface area contributed by atoms with Gasteiger partial charge in [-0.25, -0.2) is 4.79 Å². The van der Waals surface area contributed by atoms with Crippen LogP contribution in [0.3, 0.4) is 0 Å². The van der Waals surface area contributed by atoms with Gasteiger partial charge in [0.2, 0.25) is 18.1 Å². The molecule has 1 unspecified atom stereocenters. The van der Waals surface area contributed by atoms with Gasteiger partial charge in [-0.1, -0.05) is 17.3 Å². The van der Waals surface area contributed by atoms with Crippen molar-refractivity contribution in [3.05, 3.63) is 29.7 Å². The van der Waals surface area contributed by atoms with E-state index in [4.69, 9.17) is 9.26 Å². The Labute approximate surface area is 145 Å². The second-order valence-corrected chi connectivity index (χ2v) is 6.00. The topological polar surface area (TPSA) is 97.6 Å². The number of hydrogen-bond donors (Lipinski definition) is 1. The van der Waals surface area contributed by atoms with E-state index >= 15 is 0 Å². The number of rotatable bonds is 4. The largest absolute Gasteiger partial charge is 0.453 e. The lowest BCUT2D eigenvalue weighted by atomic mass is 9.98. The van der Waals surface area contributed by atoms with Crippen molar-refractivity contribution in [3.8, 4) is 11.4 Å². The summed E-state index contributed by atoms with van der Waals surface area (Å²) in [7, 11) is 1.37. The van der Waals surface area contributed by atoms with Gasteiger partial charge >= 0.3 is 6.09 Å². The zero-order valence-corrected chi connectivity index (χ0v) is 14.2. The van der Waals surface area contributed by atoms with Crippen LogP contribution in [0.1, 0.15) is 30.2 Å². The van der Waals surface area contributed by atoms with E-state index in [1.165, 1.54) is 7.11 Å². The van der Waals surface area contributed by atoms with Crippen molar-refractivity contribution < 1.29 is 18.8 Å². The fourth-order valence-electron chi connectivity index (χ4n) is 2.97. The normalized spacial score (nSPS) is 17.2. The Hall–Kier alpha value is -2.90. The van der Waals surface area contributed by atoms with E-state index in [0.29, 0.717) is 36.9 Å². The molecule has 0 spiro atoms. The van der Waals surface area contributed by atoms with Crippen molar-refractivity contribution in [2.75, 3.05) is 25.5 Å². The van der Waals surface area contributed by atoms with Gasteiger partial charge in [-0.3, -0.25) is 4.79 Å². The molecule has 2 heterocycles. The van der Waals surface area contributed by atoms with Gasteiger partial charge in [-0.15, -0.1) is 0 Å². The first-order valence-corrected chi connectivity index (χ1v) is 8.10. The smallest absolute Gasteiger partial charge is 0.409 e. The number of nitrogens with one attached hydrogen (secondary N) is 1. The summed E-state index contributed by atoms with van der Waals surface area (Å²) in [6, 6.07) is 5.57. The van der Waals surface area contributed by atoms with E-state index in [2.05, 4.69) is 15.5 Å². The summed E-state index contributed by atoms with van der Waals surface area (Å²) in [5.74, 6) is 0.959. The first-order valence-electron chi connectivity index (χ1n) is 8.10. The van der Waals surface area contributed by atoms with Gasteiger partial charge in [0.25, 0.3) is 0 Å². The molecule has 1 N–H and O–H groups in total. The number of carbonyl (C=O) groups is 2. The molecule has 1 aliphatic rings. The number of nitrogens with zero attached hydrogens (tertiary/aromatic N) is 3. The molecule has 1 aliphatic heterocycles. The Kier molecular flexibility index (Phi) is 4.97. The lowest BCUT2D eigenvalue weighted by Crippen LogP contribution is -2.39. The third-order valence-electron chi connectivity index (χ3n) is 4.36. The van der Waals surface area contributed by atoms with E-state index < -0.39 is 0 Å². The molecule has 1 aromatic carbocycles. The number of anilines is 1. The van der Waals surface area contributed by atoms with Crippen LogP contribution in [-0.4, -0.2) is 47.7 Å². The molecule has 1 fully saturated rings. The van der Waals surface area contributed by atoms with E-state index in [1.54, 1.807) is 11.0 Å². The van der Waals surface area contributed by atoms with Crippen LogP contribution in [0.2, 0.25) is 0 Å². The van der Waals surface area contributed by atoms with Gasteiger partial charge in [0, 0.05) is 24.3 Å². The van der Waals surface area contributed by atoms with Crippen molar-refractivity contribution >= 4 is 18.2 Å². The molecule has 1 saturated heterocycles. The summed E-state index contributed by atoms with van der Waals surface area (Å²) >= 11 is 0. The molecule has 2 amide bonds. The average Bonchev–Trinajstić information content (AvgIpc) is 3.13. The fraction of sp³-hybridized carbons (Fsp3) is 0.412. The SMILES string of the molecule is COC(=O)N1CCCC(c2nc(-c3ccc(C)c(NC=O)c3)no2)C1. The van der Waals surface area contributed by atoms with Crippen LogP contribution < -0.4 is 5.32 Å². The van der Waals surface area contributed by atoms with E-state index in [9.17, 15) is 9.59 Å². The van der Waals surface area contributed by atoms with E-state index in [0.717, 1.165) is 24.0 Å². The Morgan fingerprint density at radius 2 is 2.32 bits per heavy atom. The maximum atomic E-state index is 11.7. The molecule has 2 aromatic rings. The third-order valence-corrected chi connectivity index (χ3v) is 4.36. The highest BCUT2D eigenvalue weighted by molar-refractivity contribution is 5.76. The van der Waals surface area contributed by atoms with Gasteiger partial charge in [-0.2, -0.15) is 4.98 Å². The summed E-state index contributed by atoms with van der Waals surface area (Å²) in [5.41, 5.74) is 2.40. The second kappa shape index (κ2) is 7.33. The van der Waals surface area contributed by atoms with Crippen LogP contribution in [0.25, 0.3) is 11.4 Å². The van der Waals surface area contributed by atoms with Crippen molar-refractivity contribution in [2.45, 2.75) is 25.7 Å². The molecule has 0 saturated carbocycles. The summed E-state index contributed by atoms with van der Waals surface area (Å²) in [6.07, 6.45) is 2.03. The third kappa shape index (κ3) is 3.62. The number of carbonyl (C=O) groups excluding carboxylic acids is 2. The monoisotopic (exact) mass is 344 g/mol. The number of aryl methyl sites for hydroxylation is 1. The number of aromatic nitrogens is 2. The number of methoxy groups -OCH3 is 1. The van der Waals surface area contributed by atoms with Crippen molar-refractivity contribution in [3.63, 3.8) is 0 Å². The number of likely N-dealkylation sites (tertiary alicyclic amines) is 1. The zero-order valence-electron chi connectivity index (χ0n) is 14.2. The van der Waals surface area contributed by atoms with Crippen LogP contribution in [0.15, 0.2) is 22.7 Å². The minimum absolute atomic E-state index is 0.00730. The van der Waals surface area contributed by atoms with Gasteiger partial charge in [0.15, 0.2) is 0 Å². The number of piperidine rings is 1. The van der Waals surface area contributed by atoms with Crippen LogP contribution in [-0.2, 0) is 9.53 Å². The quantitative estimate of drug-likeness (QED) is 0.856. The highest BCUT2D eigenvalue weighted by Crippen LogP contribution is 2.29. The van der Waals surface area contributed by atoms with Crippen LogP contribution >= 0.6 is 0 Å². The predicted octanol–water partition coefficient (Wildman–Crippen LogP) is 2.56. The standard InChI is InChI=1S/C17H20N4O4/c1-11-5-6-12(8-14(11)18-10-22)15-19-16(25-20-15)13-4-3-7-21(9-13)17(23)24-2/h5-6,8,10,13H,3-4,7,9H2,1-2H3,(H,18,22). The van der Waals surface area contributed by atoms with Crippen molar-refractivity contribution in [1.82, 2.24) is 15.0 Å². The summed E-state index contributed by atoms with van der Waals surface area (Å²) in [5, 5.41) is 6.70. The molecule has 25 heavy (non-hydrogen) atoms. The van der Waals surface area contributed by atoms with Crippen LogP contribution in [0.5, 0.6) is 0 Å². The summed E-state index contributed by atoms with van der Waals surface area (Å²) in [6.45, 7) is 3.07. The zero-order chi connectivity index (χ0) is 17.8. The summed E-state index contributed by atoms with van der Waals surface area (Å²) < 4.78 is 10.2. The van der Waals surface area contributed by atoms with Gasteiger partial charge in [0.05, 0.1) is 13.0 Å². The second-order valence-electron chi connectivity index (χ2n) is 6.00. The van der Waals surface area contributed by atoms with Gasteiger partial charge < -0.3 is 19.5 Å². The Balaban J connectivity index is 1.79.